The SMILES string of the molecule is CO[C@H]1O[C@H](COCc2ccccc2)[C@@H](O[C@@H]2C[C@@H](N(C)S(=O)(=O)c3ccc([N+](=O)[O-])cc3)[C@@H](OC(C)=O)[C@H](C)O2)[C@H](OCc2ccccc2)[C@H]1OCc1ccccc1. The van der Waals surface area contributed by atoms with Crippen molar-refractivity contribution in [3.8, 4) is 0 Å². The smallest absolute Gasteiger partial charge is 0.303 e. The summed E-state index contributed by atoms with van der Waals surface area (Å²) in [7, 11) is -1.40. The highest BCUT2D eigenvalue weighted by molar-refractivity contribution is 7.89. The fourth-order valence-electron chi connectivity index (χ4n) is 7.22. The molecule has 2 aliphatic rings. The molecule has 0 bridgehead atoms. The summed E-state index contributed by atoms with van der Waals surface area (Å²) in [6.45, 7) is 3.61. The molecule has 6 rings (SSSR count). The van der Waals surface area contributed by atoms with Crippen molar-refractivity contribution in [3.63, 3.8) is 0 Å². The zero-order valence-electron chi connectivity index (χ0n) is 33.3. The van der Waals surface area contributed by atoms with Crippen LogP contribution in [0.15, 0.2) is 120 Å². The Morgan fingerprint density at radius 1 is 0.780 bits per heavy atom. The van der Waals surface area contributed by atoms with Crippen LogP contribution in [0.5, 0.6) is 0 Å². The van der Waals surface area contributed by atoms with Gasteiger partial charge in [0.05, 0.1) is 48.4 Å². The number of carbonyl (C=O) groups excluding carboxylic acids is 1. The average Bonchev–Trinajstić information content (AvgIpc) is 3.24. The molecule has 16 heteroatoms. The third-order valence-electron chi connectivity index (χ3n) is 10.2. The Bertz CT molecular complexity index is 2040. The van der Waals surface area contributed by atoms with Gasteiger partial charge in [0, 0.05) is 39.6 Å². The molecule has 0 saturated carbocycles. The Morgan fingerprint density at radius 2 is 1.32 bits per heavy atom. The van der Waals surface area contributed by atoms with Gasteiger partial charge in [-0.1, -0.05) is 91.0 Å². The predicted molar refractivity (Wildman–Crippen MR) is 213 cm³/mol. The second-order valence-electron chi connectivity index (χ2n) is 14.3. The Kier molecular flexibility index (Phi) is 15.3. The Balaban J connectivity index is 1.33. The van der Waals surface area contributed by atoms with E-state index in [0.717, 1.165) is 45.3 Å². The zero-order chi connectivity index (χ0) is 41.9. The zero-order valence-corrected chi connectivity index (χ0v) is 34.1. The van der Waals surface area contributed by atoms with Gasteiger partial charge in [-0.25, -0.2) is 8.42 Å². The number of benzene rings is 4. The number of sulfonamides is 1. The molecular formula is C43H50N2O13S. The lowest BCUT2D eigenvalue weighted by atomic mass is 9.96. The monoisotopic (exact) mass is 834 g/mol. The predicted octanol–water partition coefficient (Wildman–Crippen LogP) is 5.79. The maximum Gasteiger partial charge on any atom is 0.303 e. The molecule has 15 nitrogen and oxygen atoms in total. The number of hydrogen-bond donors (Lipinski definition) is 0. The molecule has 0 spiro atoms. The standard InChI is InChI=1S/C43H50N2O13S/c1-29-39(56-30(2)46)36(44(3)59(49,50)35-22-20-34(21-23-35)45(47)48)24-38(55-29)58-40-37(28-52-25-31-14-8-5-9-15-31)57-43(51-4)42(54-27-33-18-12-7-13-19-33)41(40)53-26-32-16-10-6-11-17-32/h5-23,29,36-43H,24-28H2,1-4H3/t29-,36+,37+,38+,39-,40+,41-,42+,43-/m0/s1. The van der Waals surface area contributed by atoms with Crippen LogP contribution in [0.2, 0.25) is 0 Å². The number of ether oxygens (including phenoxy) is 8. The van der Waals surface area contributed by atoms with Gasteiger partial charge in [-0.3, -0.25) is 14.9 Å². The molecule has 59 heavy (non-hydrogen) atoms. The van der Waals surface area contributed by atoms with Crippen molar-refractivity contribution in [2.45, 2.75) is 100 Å². The summed E-state index contributed by atoms with van der Waals surface area (Å²) in [5.41, 5.74) is 2.50. The first-order chi connectivity index (χ1) is 28.4. The molecule has 0 radical (unpaired) electrons. The van der Waals surface area contributed by atoms with E-state index in [-0.39, 0.29) is 43.4 Å². The van der Waals surface area contributed by atoms with Crippen LogP contribution >= 0.6 is 0 Å². The van der Waals surface area contributed by atoms with Crippen LogP contribution in [0.25, 0.3) is 0 Å². The summed E-state index contributed by atoms with van der Waals surface area (Å²) in [5.74, 6) is -0.634. The minimum absolute atomic E-state index is 0.0478. The van der Waals surface area contributed by atoms with Gasteiger partial charge in [-0.05, 0) is 35.7 Å². The maximum atomic E-state index is 14.1. The molecule has 4 aromatic carbocycles. The quantitative estimate of drug-likeness (QED) is 0.0671. The summed E-state index contributed by atoms with van der Waals surface area (Å²) in [4.78, 5) is 22.9. The molecule has 0 amide bonds. The van der Waals surface area contributed by atoms with Gasteiger partial charge in [0.25, 0.3) is 5.69 Å². The van der Waals surface area contributed by atoms with E-state index in [4.69, 9.17) is 37.9 Å². The van der Waals surface area contributed by atoms with Crippen LogP contribution in [0.3, 0.4) is 0 Å². The highest BCUT2D eigenvalue weighted by Crippen LogP contribution is 2.36. The van der Waals surface area contributed by atoms with Crippen molar-refractivity contribution in [1.82, 2.24) is 4.31 Å². The molecule has 0 aromatic heterocycles. The molecule has 4 aromatic rings. The molecule has 316 valence electrons. The van der Waals surface area contributed by atoms with E-state index in [1.807, 2.05) is 91.0 Å². The second kappa shape index (κ2) is 20.6. The number of hydrogen-bond acceptors (Lipinski definition) is 13. The Morgan fingerprint density at radius 3 is 1.85 bits per heavy atom. The van der Waals surface area contributed by atoms with E-state index in [1.165, 1.54) is 21.1 Å². The topological polar surface area (TPSA) is 171 Å². The van der Waals surface area contributed by atoms with Crippen LogP contribution in [0.1, 0.15) is 37.0 Å². The molecular weight excluding hydrogens is 785 g/mol. The van der Waals surface area contributed by atoms with Gasteiger partial charge >= 0.3 is 5.97 Å². The second-order valence-corrected chi connectivity index (χ2v) is 16.3. The minimum atomic E-state index is -4.28. The lowest BCUT2D eigenvalue weighted by Crippen LogP contribution is -2.63. The van der Waals surface area contributed by atoms with Gasteiger partial charge in [0.2, 0.25) is 10.0 Å². The van der Waals surface area contributed by atoms with Gasteiger partial charge in [0.1, 0.15) is 30.5 Å². The van der Waals surface area contributed by atoms with E-state index in [1.54, 1.807) is 6.92 Å². The number of methoxy groups -OCH3 is 1. The number of nitrogens with zero attached hydrogens (tertiary/aromatic N) is 2. The molecule has 2 fully saturated rings. The van der Waals surface area contributed by atoms with E-state index in [2.05, 4.69) is 0 Å². The summed E-state index contributed by atoms with van der Waals surface area (Å²) in [5, 5.41) is 11.3. The van der Waals surface area contributed by atoms with Crippen LogP contribution in [-0.4, -0.2) is 99.6 Å². The van der Waals surface area contributed by atoms with Crippen LogP contribution < -0.4 is 0 Å². The van der Waals surface area contributed by atoms with Gasteiger partial charge in [0.15, 0.2) is 12.6 Å². The normalized spacial score (nSPS) is 26.0. The molecule has 0 aliphatic carbocycles. The number of likely N-dealkylation sites (N-methyl/N-ethyl adjacent to an activating group) is 1. The largest absolute Gasteiger partial charge is 0.458 e. The third-order valence-corrected chi connectivity index (χ3v) is 12.1. The number of carbonyl (C=O) groups is 1. The molecule has 2 aliphatic heterocycles. The molecule has 9 atom stereocenters. The average molecular weight is 835 g/mol. The van der Waals surface area contributed by atoms with E-state index >= 15 is 0 Å². The highest BCUT2D eigenvalue weighted by Gasteiger charge is 2.52. The van der Waals surface area contributed by atoms with Crippen molar-refractivity contribution >= 4 is 21.7 Å². The molecule has 2 saturated heterocycles. The lowest BCUT2D eigenvalue weighted by Gasteiger charge is -2.48. The lowest BCUT2D eigenvalue weighted by molar-refractivity contribution is -0.384. The Hall–Kier alpha value is -4.62. The van der Waals surface area contributed by atoms with Crippen molar-refractivity contribution in [1.29, 1.82) is 0 Å². The molecule has 0 N–H and O–H groups in total. The number of rotatable bonds is 18. The van der Waals surface area contributed by atoms with Crippen molar-refractivity contribution < 1.29 is 56.0 Å². The minimum Gasteiger partial charge on any atom is -0.458 e. The van der Waals surface area contributed by atoms with Crippen LogP contribution in [0, 0.1) is 10.1 Å². The van der Waals surface area contributed by atoms with Crippen molar-refractivity contribution in [2.24, 2.45) is 0 Å². The third kappa shape index (κ3) is 11.4. The maximum absolute atomic E-state index is 14.1. The summed E-state index contributed by atoms with van der Waals surface area (Å²) in [6.07, 6.45) is -7.37. The fraction of sp³-hybridized carbons (Fsp3) is 0.419. The molecule has 0 unspecified atom stereocenters. The first-order valence-electron chi connectivity index (χ1n) is 19.3. The number of non-ortho nitro benzene ring substituents is 1. The summed E-state index contributed by atoms with van der Waals surface area (Å²) >= 11 is 0. The van der Waals surface area contributed by atoms with Gasteiger partial charge in [-0.15, -0.1) is 0 Å². The van der Waals surface area contributed by atoms with Crippen LogP contribution in [0.4, 0.5) is 5.69 Å². The number of nitro groups is 1. The number of esters is 1. The van der Waals surface area contributed by atoms with Crippen molar-refractivity contribution in [3.05, 3.63) is 142 Å². The van der Waals surface area contributed by atoms with E-state index < -0.39 is 76.2 Å². The van der Waals surface area contributed by atoms with Crippen LogP contribution in [-0.2, 0) is 72.5 Å². The number of nitro benzene ring substituents is 1. The van der Waals surface area contributed by atoms with Gasteiger partial charge in [-0.2, -0.15) is 4.31 Å². The Labute approximate surface area is 344 Å². The van der Waals surface area contributed by atoms with Gasteiger partial charge < -0.3 is 37.9 Å². The summed E-state index contributed by atoms with van der Waals surface area (Å²) in [6, 6.07) is 32.5. The first-order valence-corrected chi connectivity index (χ1v) is 20.7. The van der Waals surface area contributed by atoms with E-state index in [9.17, 15) is 23.3 Å². The highest BCUT2D eigenvalue weighted by atomic mass is 32.2. The molecule has 2 heterocycles. The van der Waals surface area contributed by atoms with Crippen molar-refractivity contribution in [2.75, 3.05) is 20.8 Å². The fourth-order valence-corrected chi connectivity index (χ4v) is 8.59. The van der Waals surface area contributed by atoms with E-state index in [0.29, 0.717) is 0 Å². The first kappa shape index (κ1) is 43.9. The summed E-state index contributed by atoms with van der Waals surface area (Å²) < 4.78 is 80.1.